The summed E-state index contributed by atoms with van der Waals surface area (Å²) in [6.07, 6.45) is 2.60. The summed E-state index contributed by atoms with van der Waals surface area (Å²) in [5.41, 5.74) is 0. The summed E-state index contributed by atoms with van der Waals surface area (Å²) >= 11 is 0. The summed E-state index contributed by atoms with van der Waals surface area (Å²) in [4.78, 5) is 0. The van der Waals surface area contributed by atoms with Gasteiger partial charge < -0.3 is 0 Å². The Morgan fingerprint density at radius 3 is 2.18 bits per heavy atom. The van der Waals surface area contributed by atoms with Gasteiger partial charge in [-0.1, -0.05) is 49.3 Å². The second kappa shape index (κ2) is 7.35. The molecule has 0 aromatic rings. The molecule has 0 amide bonds. The standard InChI is InChI=1S/C9H20S2/c1-5-7-10-11-9(6-2)8(3)4/h8-9H,5-7H2,1-4H3. The number of hydrogen-bond donors (Lipinski definition) is 0. The molecule has 0 rings (SSSR count). The number of hydrogen-bond acceptors (Lipinski definition) is 2. The van der Waals surface area contributed by atoms with E-state index in [1.807, 2.05) is 10.8 Å². The lowest BCUT2D eigenvalue weighted by atomic mass is 10.1. The Kier molecular flexibility index (Phi) is 7.82. The fourth-order valence-electron chi connectivity index (χ4n) is 0.869. The highest BCUT2D eigenvalue weighted by atomic mass is 33.1. The van der Waals surface area contributed by atoms with E-state index in [2.05, 4.69) is 38.5 Å². The third kappa shape index (κ3) is 5.92. The molecule has 68 valence electrons. The lowest BCUT2D eigenvalue weighted by molar-refractivity contribution is 0.596. The minimum Gasteiger partial charge on any atom is -0.0939 e. The Morgan fingerprint density at radius 2 is 1.82 bits per heavy atom. The summed E-state index contributed by atoms with van der Waals surface area (Å²) in [6, 6.07) is 0. The third-order valence-corrected chi connectivity index (χ3v) is 5.11. The molecule has 2 heteroatoms. The van der Waals surface area contributed by atoms with Crippen molar-refractivity contribution in [1.82, 2.24) is 0 Å². The summed E-state index contributed by atoms with van der Waals surface area (Å²) in [5, 5.41) is 0.853. The molecule has 1 atom stereocenters. The van der Waals surface area contributed by atoms with Gasteiger partial charge in [0.05, 0.1) is 0 Å². The van der Waals surface area contributed by atoms with Gasteiger partial charge in [0.2, 0.25) is 0 Å². The van der Waals surface area contributed by atoms with Crippen LogP contribution in [0.1, 0.15) is 40.5 Å². The van der Waals surface area contributed by atoms with Crippen molar-refractivity contribution in [3.05, 3.63) is 0 Å². The zero-order chi connectivity index (χ0) is 8.69. The molecule has 0 aromatic carbocycles. The molecule has 1 unspecified atom stereocenters. The fourth-order valence-corrected chi connectivity index (χ4v) is 4.05. The van der Waals surface area contributed by atoms with Crippen LogP contribution in [0.3, 0.4) is 0 Å². The quantitative estimate of drug-likeness (QED) is 0.457. The summed E-state index contributed by atoms with van der Waals surface area (Å²) in [5.74, 6) is 2.13. The Morgan fingerprint density at radius 1 is 1.18 bits per heavy atom. The van der Waals surface area contributed by atoms with Crippen LogP contribution in [0.2, 0.25) is 0 Å². The second-order valence-electron chi connectivity index (χ2n) is 3.11. The van der Waals surface area contributed by atoms with Crippen molar-refractivity contribution < 1.29 is 0 Å². The van der Waals surface area contributed by atoms with Crippen LogP contribution < -0.4 is 0 Å². The van der Waals surface area contributed by atoms with Gasteiger partial charge in [0, 0.05) is 11.0 Å². The molecule has 0 nitrogen and oxygen atoms in total. The molecule has 11 heavy (non-hydrogen) atoms. The van der Waals surface area contributed by atoms with Crippen molar-refractivity contribution in [3.8, 4) is 0 Å². The molecule has 0 bridgehead atoms. The van der Waals surface area contributed by atoms with Gasteiger partial charge in [-0.15, -0.1) is 0 Å². The lowest BCUT2D eigenvalue weighted by Gasteiger charge is -2.16. The smallest absolute Gasteiger partial charge is 0.0171 e. The van der Waals surface area contributed by atoms with Gasteiger partial charge in [-0.2, -0.15) is 0 Å². The monoisotopic (exact) mass is 192 g/mol. The van der Waals surface area contributed by atoms with Crippen LogP contribution in [0.5, 0.6) is 0 Å². The molecule has 0 saturated heterocycles. The number of rotatable bonds is 6. The second-order valence-corrected chi connectivity index (χ2v) is 5.84. The van der Waals surface area contributed by atoms with Crippen molar-refractivity contribution in [1.29, 1.82) is 0 Å². The highest BCUT2D eigenvalue weighted by molar-refractivity contribution is 8.76. The molecule has 0 saturated carbocycles. The zero-order valence-electron chi connectivity index (χ0n) is 8.09. The minimum atomic E-state index is 0.828. The average molecular weight is 192 g/mol. The normalized spacial score (nSPS) is 13.9. The van der Waals surface area contributed by atoms with Gasteiger partial charge in [0.25, 0.3) is 0 Å². The average Bonchev–Trinajstić information content (AvgIpc) is 1.97. The van der Waals surface area contributed by atoms with Crippen LogP contribution in [0.25, 0.3) is 0 Å². The van der Waals surface area contributed by atoms with Crippen molar-refractivity contribution in [2.75, 3.05) is 5.75 Å². The van der Waals surface area contributed by atoms with E-state index >= 15 is 0 Å². The molecule has 0 radical (unpaired) electrons. The van der Waals surface area contributed by atoms with Crippen molar-refractivity contribution in [3.63, 3.8) is 0 Å². The SMILES string of the molecule is CCCSSC(CC)C(C)C. The maximum absolute atomic E-state index is 2.31. The van der Waals surface area contributed by atoms with Crippen LogP contribution in [0.4, 0.5) is 0 Å². The van der Waals surface area contributed by atoms with E-state index in [0.29, 0.717) is 0 Å². The Hall–Kier alpha value is 0.700. The summed E-state index contributed by atoms with van der Waals surface area (Å²) in [7, 11) is 4.10. The van der Waals surface area contributed by atoms with Gasteiger partial charge in [0.15, 0.2) is 0 Å². The van der Waals surface area contributed by atoms with Crippen LogP contribution in [-0.2, 0) is 0 Å². The van der Waals surface area contributed by atoms with E-state index in [0.717, 1.165) is 11.2 Å². The molecule has 0 N–H and O–H groups in total. The molecular weight excluding hydrogens is 172 g/mol. The first-order valence-corrected chi connectivity index (χ1v) is 6.88. The van der Waals surface area contributed by atoms with Gasteiger partial charge in [-0.25, -0.2) is 0 Å². The molecule has 0 fully saturated rings. The van der Waals surface area contributed by atoms with Crippen LogP contribution in [-0.4, -0.2) is 11.0 Å². The molecule has 0 aromatic heterocycles. The van der Waals surface area contributed by atoms with Crippen molar-refractivity contribution in [2.45, 2.75) is 45.8 Å². The van der Waals surface area contributed by atoms with E-state index in [1.165, 1.54) is 18.6 Å². The van der Waals surface area contributed by atoms with Crippen molar-refractivity contribution >= 4 is 21.6 Å². The van der Waals surface area contributed by atoms with E-state index in [1.54, 1.807) is 0 Å². The predicted octanol–water partition coefficient (Wildman–Crippen LogP) is 4.21. The van der Waals surface area contributed by atoms with E-state index in [-0.39, 0.29) is 0 Å². The van der Waals surface area contributed by atoms with Gasteiger partial charge in [-0.3, -0.25) is 0 Å². The summed E-state index contributed by atoms with van der Waals surface area (Å²) < 4.78 is 0. The highest BCUT2D eigenvalue weighted by Crippen LogP contribution is 2.33. The molecule has 0 aliphatic rings. The van der Waals surface area contributed by atoms with Crippen LogP contribution >= 0.6 is 21.6 Å². The topological polar surface area (TPSA) is 0 Å². The van der Waals surface area contributed by atoms with Gasteiger partial charge >= 0.3 is 0 Å². The van der Waals surface area contributed by atoms with Gasteiger partial charge in [0.1, 0.15) is 0 Å². The largest absolute Gasteiger partial charge is 0.0939 e. The first kappa shape index (κ1) is 11.7. The van der Waals surface area contributed by atoms with Gasteiger partial charge in [-0.05, 0) is 18.8 Å². The molecule has 0 heterocycles. The molecule has 0 aliphatic heterocycles. The van der Waals surface area contributed by atoms with Crippen LogP contribution in [0.15, 0.2) is 0 Å². The Bertz CT molecular complexity index is 81.6. The Balaban J connectivity index is 3.36. The lowest BCUT2D eigenvalue weighted by Crippen LogP contribution is -2.07. The van der Waals surface area contributed by atoms with Crippen LogP contribution in [0, 0.1) is 5.92 Å². The maximum atomic E-state index is 2.31. The minimum absolute atomic E-state index is 0.828. The first-order chi connectivity index (χ1) is 5.22. The fraction of sp³-hybridized carbons (Fsp3) is 1.00. The summed E-state index contributed by atoms with van der Waals surface area (Å²) in [6.45, 7) is 9.15. The van der Waals surface area contributed by atoms with Crippen molar-refractivity contribution in [2.24, 2.45) is 5.92 Å². The third-order valence-electron chi connectivity index (χ3n) is 1.63. The highest BCUT2D eigenvalue weighted by Gasteiger charge is 2.10. The molecule has 0 aliphatic carbocycles. The van der Waals surface area contributed by atoms with E-state index in [9.17, 15) is 0 Å². The van der Waals surface area contributed by atoms with E-state index in [4.69, 9.17) is 0 Å². The predicted molar refractivity (Wildman–Crippen MR) is 59.3 cm³/mol. The maximum Gasteiger partial charge on any atom is 0.0171 e. The molecule has 0 spiro atoms. The Labute approximate surface area is 79.3 Å². The first-order valence-electron chi connectivity index (χ1n) is 4.50. The van der Waals surface area contributed by atoms with E-state index < -0.39 is 0 Å². The molecular formula is C9H20S2. The zero-order valence-corrected chi connectivity index (χ0v) is 9.73.